The molecule has 0 bridgehead atoms. The van der Waals surface area contributed by atoms with E-state index in [0.717, 1.165) is 12.1 Å². The van der Waals surface area contributed by atoms with Crippen molar-refractivity contribution in [2.75, 3.05) is 7.05 Å². The van der Waals surface area contributed by atoms with Crippen LogP contribution in [0, 0.1) is 0 Å². The van der Waals surface area contributed by atoms with Crippen molar-refractivity contribution in [3.05, 3.63) is 48.9 Å². The lowest BCUT2D eigenvalue weighted by atomic mass is 10.2. The van der Waals surface area contributed by atoms with E-state index in [0.29, 0.717) is 0 Å². The third kappa shape index (κ3) is 5.07. The van der Waals surface area contributed by atoms with E-state index in [1.165, 1.54) is 5.57 Å². The number of hydrogen-bond acceptors (Lipinski definition) is 1. The van der Waals surface area contributed by atoms with Gasteiger partial charge in [-0.15, -0.1) is 0 Å². The molecule has 13 heavy (non-hydrogen) atoms. The maximum absolute atomic E-state index is 3.92. The van der Waals surface area contributed by atoms with Crippen LogP contribution in [-0.4, -0.2) is 11.9 Å². The van der Waals surface area contributed by atoms with E-state index in [-0.39, 0.29) is 0 Å². The summed E-state index contributed by atoms with van der Waals surface area (Å²) in [5, 5.41) is 0. The Bertz CT molecular complexity index is 234. The van der Waals surface area contributed by atoms with E-state index in [1.807, 2.05) is 18.0 Å². The van der Waals surface area contributed by atoms with Crippen LogP contribution in [0.1, 0.15) is 20.3 Å². The van der Waals surface area contributed by atoms with Gasteiger partial charge in [0.2, 0.25) is 0 Å². The standard InChI is InChI=1S/C12H19N/c1-6-8-9-11(3)10-12(4)13(5)7-2/h7-10H,2,4,6H2,1,3,5H3. The zero-order valence-electron chi connectivity index (χ0n) is 8.88. The summed E-state index contributed by atoms with van der Waals surface area (Å²) in [6, 6.07) is 0. The Morgan fingerprint density at radius 1 is 1.46 bits per heavy atom. The molecule has 0 N–H and O–H groups in total. The number of rotatable bonds is 5. The average molecular weight is 177 g/mol. The molecule has 0 aromatic heterocycles. The van der Waals surface area contributed by atoms with Crippen molar-refractivity contribution >= 4 is 0 Å². The summed E-state index contributed by atoms with van der Waals surface area (Å²) in [6.45, 7) is 11.8. The molecular weight excluding hydrogens is 158 g/mol. The van der Waals surface area contributed by atoms with E-state index in [1.54, 1.807) is 6.20 Å². The van der Waals surface area contributed by atoms with Crippen molar-refractivity contribution in [2.24, 2.45) is 0 Å². The fourth-order valence-corrected chi connectivity index (χ4v) is 0.834. The first-order valence-corrected chi connectivity index (χ1v) is 4.51. The molecule has 0 aromatic rings. The largest absolute Gasteiger partial charge is 0.352 e. The maximum Gasteiger partial charge on any atom is 0.0332 e. The Morgan fingerprint density at radius 2 is 2.08 bits per heavy atom. The minimum atomic E-state index is 0.952. The molecule has 0 saturated carbocycles. The molecule has 1 nitrogen and oxygen atoms in total. The quantitative estimate of drug-likeness (QED) is 0.581. The van der Waals surface area contributed by atoms with Crippen LogP contribution in [0.3, 0.4) is 0 Å². The third-order valence-corrected chi connectivity index (χ3v) is 1.74. The Kier molecular flexibility index (Phi) is 5.69. The average Bonchev–Trinajstić information content (AvgIpc) is 2.13. The molecule has 0 aliphatic carbocycles. The van der Waals surface area contributed by atoms with E-state index >= 15 is 0 Å². The van der Waals surface area contributed by atoms with Crippen molar-refractivity contribution < 1.29 is 0 Å². The fraction of sp³-hybridized carbons (Fsp3) is 0.333. The van der Waals surface area contributed by atoms with Crippen molar-refractivity contribution in [3.63, 3.8) is 0 Å². The summed E-state index contributed by atoms with van der Waals surface area (Å²) in [5.74, 6) is 0. The summed E-state index contributed by atoms with van der Waals surface area (Å²) in [4.78, 5) is 1.89. The topological polar surface area (TPSA) is 3.24 Å². The van der Waals surface area contributed by atoms with Gasteiger partial charge in [0.15, 0.2) is 0 Å². The van der Waals surface area contributed by atoms with E-state index in [4.69, 9.17) is 0 Å². The predicted molar refractivity (Wildman–Crippen MR) is 60.3 cm³/mol. The van der Waals surface area contributed by atoms with Crippen LogP contribution < -0.4 is 0 Å². The molecule has 0 radical (unpaired) electrons. The number of hydrogen-bond donors (Lipinski definition) is 0. The van der Waals surface area contributed by atoms with E-state index < -0.39 is 0 Å². The first-order valence-electron chi connectivity index (χ1n) is 4.51. The molecule has 0 rings (SSSR count). The third-order valence-electron chi connectivity index (χ3n) is 1.74. The molecule has 0 aromatic carbocycles. The van der Waals surface area contributed by atoms with Crippen LogP contribution in [0.2, 0.25) is 0 Å². The fourth-order valence-electron chi connectivity index (χ4n) is 0.834. The van der Waals surface area contributed by atoms with Crippen molar-refractivity contribution in [2.45, 2.75) is 20.3 Å². The summed E-state index contributed by atoms with van der Waals surface area (Å²) in [5.41, 5.74) is 2.16. The van der Waals surface area contributed by atoms with Gasteiger partial charge in [-0.2, -0.15) is 0 Å². The number of allylic oxidation sites excluding steroid dienone is 4. The Balaban J connectivity index is 4.29. The van der Waals surface area contributed by atoms with Gasteiger partial charge in [-0.3, -0.25) is 0 Å². The Hall–Kier alpha value is -1.24. The van der Waals surface area contributed by atoms with Crippen molar-refractivity contribution in [1.82, 2.24) is 4.90 Å². The minimum Gasteiger partial charge on any atom is -0.352 e. The molecule has 0 aliphatic heterocycles. The highest BCUT2D eigenvalue weighted by molar-refractivity contribution is 5.26. The highest BCUT2D eigenvalue weighted by Gasteiger charge is 1.92. The van der Waals surface area contributed by atoms with Gasteiger partial charge >= 0.3 is 0 Å². The molecule has 72 valence electrons. The van der Waals surface area contributed by atoms with Gasteiger partial charge in [0, 0.05) is 12.7 Å². The van der Waals surface area contributed by atoms with Crippen LogP contribution in [0.4, 0.5) is 0 Å². The second-order valence-corrected chi connectivity index (χ2v) is 2.98. The van der Waals surface area contributed by atoms with Crippen LogP contribution in [0.5, 0.6) is 0 Å². The SMILES string of the molecule is C=CN(C)C(=C)C=C(C)C=CCC. The van der Waals surface area contributed by atoms with Crippen LogP contribution in [0.25, 0.3) is 0 Å². The zero-order valence-corrected chi connectivity index (χ0v) is 8.88. The lowest BCUT2D eigenvalue weighted by Gasteiger charge is -2.13. The highest BCUT2D eigenvalue weighted by Crippen LogP contribution is 2.05. The number of nitrogens with zero attached hydrogens (tertiary/aromatic N) is 1. The molecular formula is C12H19N. The lowest BCUT2D eigenvalue weighted by Crippen LogP contribution is -2.06. The van der Waals surface area contributed by atoms with Gasteiger partial charge < -0.3 is 4.90 Å². The lowest BCUT2D eigenvalue weighted by molar-refractivity contribution is 0.593. The van der Waals surface area contributed by atoms with Crippen molar-refractivity contribution in [3.8, 4) is 0 Å². The second-order valence-electron chi connectivity index (χ2n) is 2.98. The first kappa shape index (κ1) is 11.8. The molecule has 0 heterocycles. The summed E-state index contributed by atoms with van der Waals surface area (Å²) < 4.78 is 0. The molecule has 0 unspecified atom stereocenters. The van der Waals surface area contributed by atoms with Gasteiger partial charge in [-0.1, -0.05) is 32.2 Å². The predicted octanol–water partition coefficient (Wildman–Crippen LogP) is 3.49. The molecule has 0 amide bonds. The molecule has 0 spiro atoms. The number of likely N-dealkylation sites (N-methyl/N-ethyl adjacent to an activating group) is 1. The monoisotopic (exact) mass is 177 g/mol. The molecule has 0 aliphatic rings. The summed E-state index contributed by atoms with van der Waals surface area (Å²) in [7, 11) is 1.93. The smallest absolute Gasteiger partial charge is 0.0332 e. The van der Waals surface area contributed by atoms with Crippen molar-refractivity contribution in [1.29, 1.82) is 0 Å². The van der Waals surface area contributed by atoms with Crippen LogP contribution in [-0.2, 0) is 0 Å². The molecule has 0 atom stereocenters. The van der Waals surface area contributed by atoms with Gasteiger partial charge in [-0.05, 0) is 31.2 Å². The Labute approximate surface area is 81.8 Å². The van der Waals surface area contributed by atoms with Gasteiger partial charge in [0.05, 0.1) is 0 Å². The summed E-state index contributed by atoms with van der Waals surface area (Å²) in [6.07, 6.45) is 9.08. The zero-order chi connectivity index (χ0) is 10.3. The van der Waals surface area contributed by atoms with Gasteiger partial charge in [-0.25, -0.2) is 0 Å². The second kappa shape index (κ2) is 6.30. The Morgan fingerprint density at radius 3 is 2.54 bits per heavy atom. The highest BCUT2D eigenvalue weighted by atomic mass is 15.1. The first-order chi connectivity index (χ1) is 6.11. The maximum atomic E-state index is 3.92. The minimum absolute atomic E-state index is 0.952. The molecule has 0 saturated heterocycles. The van der Waals surface area contributed by atoms with Crippen LogP contribution in [0.15, 0.2) is 48.9 Å². The van der Waals surface area contributed by atoms with Crippen LogP contribution >= 0.6 is 0 Å². The molecule has 1 heteroatoms. The van der Waals surface area contributed by atoms with E-state index in [9.17, 15) is 0 Å². The van der Waals surface area contributed by atoms with Gasteiger partial charge in [0.25, 0.3) is 0 Å². The van der Waals surface area contributed by atoms with E-state index in [2.05, 4.69) is 39.2 Å². The van der Waals surface area contributed by atoms with Gasteiger partial charge in [0.1, 0.15) is 0 Å². The molecule has 0 fully saturated rings. The summed E-state index contributed by atoms with van der Waals surface area (Å²) >= 11 is 0. The normalized spacial score (nSPS) is 11.8.